The normalized spacial score (nSPS) is 25.3. The van der Waals surface area contributed by atoms with Crippen molar-refractivity contribution in [1.29, 1.82) is 0 Å². The Morgan fingerprint density at radius 2 is 2.17 bits per heavy atom. The van der Waals surface area contributed by atoms with Gasteiger partial charge in [0, 0.05) is 17.6 Å². The Bertz CT molecular complexity index is 1020. The van der Waals surface area contributed by atoms with E-state index in [9.17, 15) is 19.5 Å². The summed E-state index contributed by atoms with van der Waals surface area (Å²) in [5.74, 6) is -1.06. The van der Waals surface area contributed by atoms with Crippen LogP contribution in [0.4, 0.5) is 5.69 Å². The zero-order valence-electron chi connectivity index (χ0n) is 16.7. The molecule has 30 heavy (non-hydrogen) atoms. The maximum Gasteiger partial charge on any atom is 0.259 e. The minimum Gasteiger partial charge on any atom is -0.376 e. The van der Waals surface area contributed by atoms with Crippen molar-refractivity contribution in [1.82, 2.24) is 10.2 Å². The Kier molecular flexibility index (Phi) is 5.11. The number of carbonyl (C=O) groups is 3. The third-order valence-corrected chi connectivity index (χ3v) is 5.94. The highest BCUT2D eigenvalue weighted by Crippen LogP contribution is 2.47. The van der Waals surface area contributed by atoms with Crippen molar-refractivity contribution in [2.45, 2.75) is 37.7 Å². The highest BCUT2D eigenvalue weighted by molar-refractivity contribution is 6.34. The molecular weight excluding hydrogens is 381 g/mol. The average Bonchev–Trinajstić information content (AvgIpc) is 2.90. The number of anilines is 1. The smallest absolute Gasteiger partial charge is 0.259 e. The number of hydrogen-bond acceptors (Lipinski definition) is 5. The van der Waals surface area contributed by atoms with Gasteiger partial charge in [-0.05, 0) is 37.3 Å². The van der Waals surface area contributed by atoms with Crippen molar-refractivity contribution in [3.8, 4) is 0 Å². The fourth-order valence-electron chi connectivity index (χ4n) is 4.39. The van der Waals surface area contributed by atoms with Crippen LogP contribution in [-0.2, 0) is 19.9 Å². The van der Waals surface area contributed by atoms with Crippen LogP contribution in [0.3, 0.4) is 0 Å². The van der Waals surface area contributed by atoms with Gasteiger partial charge in [-0.15, -0.1) is 0 Å². The van der Waals surface area contributed by atoms with E-state index in [0.29, 0.717) is 17.6 Å². The molecular formula is C22H22BN3O4. The lowest BCUT2D eigenvalue weighted by Crippen LogP contribution is -2.53. The van der Waals surface area contributed by atoms with Gasteiger partial charge in [0.25, 0.3) is 5.91 Å². The molecule has 3 aliphatic rings. The summed E-state index contributed by atoms with van der Waals surface area (Å²) in [6.45, 7) is 1.70. The summed E-state index contributed by atoms with van der Waals surface area (Å²) in [4.78, 5) is 40.6. The molecule has 2 unspecified atom stereocenters. The molecule has 4 rings (SSSR count). The van der Waals surface area contributed by atoms with E-state index in [1.807, 2.05) is 31.2 Å². The molecule has 1 fully saturated rings. The van der Waals surface area contributed by atoms with Gasteiger partial charge in [0.1, 0.15) is 12.8 Å². The molecule has 152 valence electrons. The van der Waals surface area contributed by atoms with Gasteiger partial charge in [-0.25, -0.2) is 0 Å². The van der Waals surface area contributed by atoms with Gasteiger partial charge >= 0.3 is 0 Å². The predicted octanol–water partition coefficient (Wildman–Crippen LogP) is 1.36. The number of rotatable bonds is 5. The molecule has 2 aliphatic heterocycles. The molecule has 2 N–H and O–H groups in total. The number of nitrogens with zero attached hydrogens (tertiary/aromatic N) is 2. The average molecular weight is 403 g/mol. The summed E-state index contributed by atoms with van der Waals surface area (Å²) in [5.41, 5.74) is 1.95. The summed E-state index contributed by atoms with van der Waals surface area (Å²) < 4.78 is 0. The van der Waals surface area contributed by atoms with Crippen LogP contribution < -0.4 is 10.2 Å². The number of benzene rings is 1. The summed E-state index contributed by atoms with van der Waals surface area (Å²) in [5, 5.41) is 12.4. The highest BCUT2D eigenvalue weighted by Gasteiger charge is 2.45. The van der Waals surface area contributed by atoms with E-state index in [4.69, 9.17) is 7.85 Å². The van der Waals surface area contributed by atoms with Gasteiger partial charge in [0.05, 0.1) is 19.1 Å². The third-order valence-electron chi connectivity index (χ3n) is 5.94. The monoisotopic (exact) mass is 403 g/mol. The van der Waals surface area contributed by atoms with Gasteiger partial charge in [-0.1, -0.05) is 36.7 Å². The largest absolute Gasteiger partial charge is 0.376 e. The van der Waals surface area contributed by atoms with Crippen LogP contribution in [0.5, 0.6) is 0 Å². The summed E-state index contributed by atoms with van der Waals surface area (Å²) >= 11 is 0. The number of carbonyl (C=O) groups excluding carboxylic acids is 3. The lowest BCUT2D eigenvalue weighted by molar-refractivity contribution is -0.135. The number of piperidine rings is 1. The number of aliphatic hydroxyl groups excluding tert-OH is 1. The highest BCUT2D eigenvalue weighted by atomic mass is 16.3. The molecule has 2 radical (unpaired) electrons. The Balaban J connectivity index is 1.85. The summed E-state index contributed by atoms with van der Waals surface area (Å²) in [6.07, 6.45) is 9.75. The number of imide groups is 1. The first-order valence-electron chi connectivity index (χ1n) is 9.87. The maximum absolute atomic E-state index is 13.3. The SMILES string of the molecule is [B]C/C=C\N(CO)C1(C)C=CC=C2C(=O)N(C3CCC(=O)NC3=O)c3cccc1c32. The molecule has 0 spiro atoms. The molecule has 2 heterocycles. The molecule has 0 saturated carbocycles. The van der Waals surface area contributed by atoms with Crippen molar-refractivity contribution in [3.63, 3.8) is 0 Å². The first-order valence-corrected chi connectivity index (χ1v) is 9.87. The lowest BCUT2D eigenvalue weighted by Gasteiger charge is -2.39. The molecule has 1 aromatic rings. The quantitative estimate of drug-likeness (QED) is 0.440. The van der Waals surface area contributed by atoms with Crippen LogP contribution in [0.25, 0.3) is 5.57 Å². The second kappa shape index (κ2) is 7.61. The zero-order chi connectivity index (χ0) is 21.5. The Morgan fingerprint density at radius 3 is 2.87 bits per heavy atom. The van der Waals surface area contributed by atoms with Crippen LogP contribution in [0.2, 0.25) is 6.32 Å². The predicted molar refractivity (Wildman–Crippen MR) is 113 cm³/mol. The van der Waals surface area contributed by atoms with Crippen molar-refractivity contribution >= 4 is 36.8 Å². The van der Waals surface area contributed by atoms with E-state index in [-0.39, 0.29) is 31.4 Å². The molecule has 3 amide bonds. The number of amides is 3. The molecule has 0 bridgehead atoms. The number of allylic oxidation sites excluding steroid dienone is 3. The number of aliphatic hydroxyl groups is 1. The van der Waals surface area contributed by atoms with E-state index in [0.717, 1.165) is 11.1 Å². The van der Waals surface area contributed by atoms with Crippen LogP contribution in [0, 0.1) is 0 Å². The van der Waals surface area contributed by atoms with E-state index in [1.54, 1.807) is 29.3 Å². The van der Waals surface area contributed by atoms with Gasteiger partial charge in [0.15, 0.2) is 0 Å². The zero-order valence-corrected chi connectivity index (χ0v) is 16.7. The van der Waals surface area contributed by atoms with Gasteiger partial charge in [0.2, 0.25) is 11.8 Å². The maximum atomic E-state index is 13.3. The Labute approximate surface area is 176 Å². The fraction of sp³-hybridized carbons (Fsp3) is 0.318. The summed E-state index contributed by atoms with van der Waals surface area (Å²) in [6, 6.07) is 4.83. The van der Waals surface area contributed by atoms with Crippen LogP contribution >= 0.6 is 0 Å². The second-order valence-corrected chi connectivity index (χ2v) is 7.66. The van der Waals surface area contributed by atoms with Gasteiger partial charge < -0.3 is 10.0 Å². The van der Waals surface area contributed by atoms with Gasteiger partial charge in [-0.3, -0.25) is 24.6 Å². The minimum atomic E-state index is -0.745. The fourth-order valence-corrected chi connectivity index (χ4v) is 4.39. The Hall–Kier alpha value is -3.13. The van der Waals surface area contributed by atoms with E-state index in [1.165, 1.54) is 4.90 Å². The third kappa shape index (κ3) is 2.99. The van der Waals surface area contributed by atoms with Crippen molar-refractivity contribution in [3.05, 3.63) is 59.8 Å². The topological polar surface area (TPSA) is 89.9 Å². The molecule has 1 aliphatic carbocycles. The number of hydrogen-bond donors (Lipinski definition) is 2. The van der Waals surface area contributed by atoms with Crippen LogP contribution in [-0.4, -0.2) is 48.3 Å². The Morgan fingerprint density at radius 1 is 1.37 bits per heavy atom. The van der Waals surface area contributed by atoms with E-state index in [2.05, 4.69) is 5.32 Å². The van der Waals surface area contributed by atoms with Crippen molar-refractivity contribution in [2.24, 2.45) is 0 Å². The molecule has 7 nitrogen and oxygen atoms in total. The molecule has 8 heteroatoms. The van der Waals surface area contributed by atoms with E-state index >= 15 is 0 Å². The van der Waals surface area contributed by atoms with Crippen LogP contribution in [0.1, 0.15) is 30.9 Å². The summed E-state index contributed by atoms with van der Waals surface area (Å²) in [7, 11) is 5.59. The molecule has 0 aromatic heterocycles. The first kappa shape index (κ1) is 20.2. The molecule has 2 atom stereocenters. The van der Waals surface area contributed by atoms with Crippen LogP contribution in [0.15, 0.2) is 48.7 Å². The minimum absolute atomic E-state index is 0.189. The van der Waals surface area contributed by atoms with E-state index < -0.39 is 17.5 Å². The van der Waals surface area contributed by atoms with Crippen molar-refractivity contribution < 1.29 is 19.5 Å². The second-order valence-electron chi connectivity index (χ2n) is 7.66. The standard InChI is InChI=1S/C22H22BN3O4/c1-22(25(13-27)12-4-11-23)10-3-5-14-19-15(22)6-2-7-16(19)26(21(14)30)17-8-9-18(28)24-20(17)29/h2-7,10,12,17,27H,8-9,11,13H2,1H3,(H,24,28,29)/b12-4-. The lowest BCUT2D eigenvalue weighted by atomic mass is 9.85. The van der Waals surface area contributed by atoms with Crippen molar-refractivity contribution in [2.75, 3.05) is 11.6 Å². The molecule has 1 aromatic carbocycles. The van der Waals surface area contributed by atoms with Gasteiger partial charge in [-0.2, -0.15) is 0 Å². The molecule has 1 saturated heterocycles. The first-order chi connectivity index (χ1) is 14.4. The number of nitrogens with one attached hydrogen (secondary N) is 1.